The van der Waals surface area contributed by atoms with Gasteiger partial charge in [-0.05, 0) is 0 Å². The molecule has 0 aliphatic carbocycles. The second kappa shape index (κ2) is 3.17. The molecule has 3 nitrogen and oxygen atoms in total. The predicted octanol–water partition coefficient (Wildman–Crippen LogP) is 1.73. The average molecular weight is 165 g/mol. The molecule has 1 aromatic heterocycles. The van der Waals surface area contributed by atoms with Crippen molar-refractivity contribution in [3.8, 4) is 0 Å². The van der Waals surface area contributed by atoms with Crippen molar-refractivity contribution in [1.82, 2.24) is 15.2 Å². The summed E-state index contributed by atoms with van der Waals surface area (Å²) in [6.07, 6.45) is 2.58. The number of rotatable bonds is 1. The first kappa shape index (κ1) is 9.10. The minimum absolute atomic E-state index is 0.0693. The summed E-state index contributed by atoms with van der Waals surface area (Å²) in [4.78, 5) is 4.39. The van der Waals surface area contributed by atoms with Gasteiger partial charge in [-0.2, -0.15) is 5.10 Å². The van der Waals surface area contributed by atoms with Gasteiger partial charge >= 0.3 is 0 Å². The smallest absolute Gasteiger partial charge is 0.150 e. The normalized spacial score (nSPS) is 11.7. The molecule has 12 heavy (non-hydrogen) atoms. The molecule has 0 spiro atoms. The summed E-state index contributed by atoms with van der Waals surface area (Å²) >= 11 is 0. The van der Waals surface area contributed by atoms with E-state index in [0.29, 0.717) is 0 Å². The molecule has 0 radical (unpaired) electrons. The maximum atomic E-state index is 4.39. The van der Waals surface area contributed by atoms with E-state index in [0.717, 1.165) is 17.9 Å². The number of hydrogen-bond acceptors (Lipinski definition) is 3. The van der Waals surface area contributed by atoms with Crippen LogP contribution in [0.3, 0.4) is 0 Å². The second-order valence-electron chi connectivity index (χ2n) is 3.86. The van der Waals surface area contributed by atoms with Crippen molar-refractivity contribution in [2.24, 2.45) is 0 Å². The monoisotopic (exact) mass is 165 g/mol. The van der Waals surface area contributed by atoms with Gasteiger partial charge in [-0.1, -0.05) is 27.7 Å². The Morgan fingerprint density at radius 2 is 2.00 bits per heavy atom. The number of nitrogens with zero attached hydrogens (tertiary/aromatic N) is 3. The highest BCUT2D eigenvalue weighted by Crippen LogP contribution is 2.18. The Balaban J connectivity index is 3.02. The van der Waals surface area contributed by atoms with Crippen molar-refractivity contribution in [3.05, 3.63) is 17.7 Å². The Bertz CT molecular complexity index is 263. The van der Waals surface area contributed by atoms with E-state index in [-0.39, 0.29) is 5.41 Å². The van der Waals surface area contributed by atoms with Gasteiger partial charge in [0, 0.05) is 11.8 Å². The molecular formula is C9H15N3. The first-order chi connectivity index (χ1) is 5.54. The van der Waals surface area contributed by atoms with E-state index >= 15 is 0 Å². The van der Waals surface area contributed by atoms with Crippen LogP contribution in [0.5, 0.6) is 0 Å². The lowest BCUT2D eigenvalue weighted by Crippen LogP contribution is -2.15. The molecule has 0 fully saturated rings. The molecule has 0 aliphatic heterocycles. The molecule has 0 aromatic carbocycles. The minimum atomic E-state index is 0.0693. The van der Waals surface area contributed by atoms with Gasteiger partial charge in [0.15, 0.2) is 5.82 Å². The molecule has 0 bridgehead atoms. The van der Waals surface area contributed by atoms with E-state index in [2.05, 4.69) is 36.0 Å². The molecule has 0 N–H and O–H groups in total. The number of hydrogen-bond donors (Lipinski definition) is 0. The van der Waals surface area contributed by atoms with Gasteiger partial charge in [-0.15, -0.1) is 5.10 Å². The first-order valence-electron chi connectivity index (χ1n) is 4.23. The van der Waals surface area contributed by atoms with Crippen molar-refractivity contribution in [2.75, 3.05) is 0 Å². The molecule has 3 heteroatoms. The lowest BCUT2D eigenvalue weighted by Gasteiger charge is -2.16. The van der Waals surface area contributed by atoms with E-state index in [1.807, 2.05) is 6.92 Å². The fourth-order valence-corrected chi connectivity index (χ4v) is 0.852. The highest BCUT2D eigenvalue weighted by Gasteiger charge is 2.16. The summed E-state index contributed by atoms with van der Waals surface area (Å²) in [5, 5.41) is 7.82. The van der Waals surface area contributed by atoms with Crippen LogP contribution >= 0.6 is 0 Å². The summed E-state index contributed by atoms with van der Waals surface area (Å²) in [5.41, 5.74) is 1.08. The van der Waals surface area contributed by atoms with Crippen molar-refractivity contribution >= 4 is 0 Å². The highest BCUT2D eigenvalue weighted by molar-refractivity contribution is 5.08. The summed E-state index contributed by atoms with van der Waals surface area (Å²) in [6.45, 7) is 8.40. The van der Waals surface area contributed by atoms with Gasteiger partial charge in [0.1, 0.15) is 0 Å². The Morgan fingerprint density at radius 1 is 1.33 bits per heavy atom. The Hall–Kier alpha value is -0.990. The molecule has 1 aromatic rings. The summed E-state index contributed by atoms with van der Waals surface area (Å²) in [5.74, 6) is 0.822. The van der Waals surface area contributed by atoms with Crippen LogP contribution in [0.2, 0.25) is 0 Å². The van der Waals surface area contributed by atoms with Crippen molar-refractivity contribution < 1.29 is 0 Å². The lowest BCUT2D eigenvalue weighted by atomic mass is 9.93. The summed E-state index contributed by atoms with van der Waals surface area (Å²) in [7, 11) is 0. The van der Waals surface area contributed by atoms with E-state index in [1.54, 1.807) is 6.20 Å². The van der Waals surface area contributed by atoms with E-state index in [9.17, 15) is 0 Å². The SMILES string of the molecule is CCc1nncc(C(C)(C)C)n1. The summed E-state index contributed by atoms with van der Waals surface area (Å²) in [6, 6.07) is 0. The van der Waals surface area contributed by atoms with E-state index < -0.39 is 0 Å². The van der Waals surface area contributed by atoms with Crippen LogP contribution < -0.4 is 0 Å². The largest absolute Gasteiger partial charge is 0.234 e. The summed E-state index contributed by atoms with van der Waals surface area (Å²) < 4.78 is 0. The third-order valence-electron chi connectivity index (χ3n) is 1.69. The quantitative estimate of drug-likeness (QED) is 0.636. The van der Waals surface area contributed by atoms with Gasteiger partial charge in [0.2, 0.25) is 0 Å². The van der Waals surface area contributed by atoms with Crippen LogP contribution in [0.4, 0.5) is 0 Å². The average Bonchev–Trinajstić information content (AvgIpc) is 2.03. The molecule has 66 valence electrons. The van der Waals surface area contributed by atoms with Crippen molar-refractivity contribution in [2.45, 2.75) is 39.5 Å². The Morgan fingerprint density at radius 3 is 2.50 bits per heavy atom. The van der Waals surface area contributed by atoms with Crippen LogP contribution in [-0.2, 0) is 11.8 Å². The second-order valence-corrected chi connectivity index (χ2v) is 3.86. The van der Waals surface area contributed by atoms with Gasteiger partial charge in [-0.25, -0.2) is 4.98 Å². The first-order valence-corrected chi connectivity index (χ1v) is 4.23. The zero-order valence-electron chi connectivity index (χ0n) is 8.13. The maximum Gasteiger partial charge on any atom is 0.150 e. The lowest BCUT2D eigenvalue weighted by molar-refractivity contribution is 0.554. The molecule has 0 amide bonds. The van der Waals surface area contributed by atoms with Crippen LogP contribution in [0.25, 0.3) is 0 Å². The molecule has 0 unspecified atom stereocenters. The zero-order chi connectivity index (χ0) is 9.19. The van der Waals surface area contributed by atoms with Gasteiger partial charge in [0.25, 0.3) is 0 Å². The van der Waals surface area contributed by atoms with E-state index in [1.165, 1.54) is 0 Å². The fourth-order valence-electron chi connectivity index (χ4n) is 0.852. The van der Waals surface area contributed by atoms with Crippen molar-refractivity contribution in [3.63, 3.8) is 0 Å². The molecule has 0 saturated carbocycles. The zero-order valence-corrected chi connectivity index (χ0v) is 8.13. The van der Waals surface area contributed by atoms with Crippen molar-refractivity contribution in [1.29, 1.82) is 0 Å². The van der Waals surface area contributed by atoms with Crippen LogP contribution in [0.15, 0.2) is 6.20 Å². The maximum absolute atomic E-state index is 4.39. The van der Waals surface area contributed by atoms with Crippen LogP contribution in [0, 0.1) is 0 Å². The molecule has 0 saturated heterocycles. The number of aryl methyl sites for hydroxylation is 1. The third kappa shape index (κ3) is 2.00. The standard InChI is InChI=1S/C9H15N3/c1-5-8-11-7(6-10-12-8)9(2,3)4/h6H,5H2,1-4H3. The molecule has 0 aliphatic rings. The topological polar surface area (TPSA) is 38.7 Å². The molecule has 1 rings (SSSR count). The molecule has 1 heterocycles. The fraction of sp³-hybridized carbons (Fsp3) is 0.667. The Labute approximate surface area is 73.2 Å². The highest BCUT2D eigenvalue weighted by atomic mass is 15.1. The minimum Gasteiger partial charge on any atom is -0.234 e. The van der Waals surface area contributed by atoms with Crippen LogP contribution in [0.1, 0.15) is 39.2 Å². The van der Waals surface area contributed by atoms with Gasteiger partial charge < -0.3 is 0 Å². The van der Waals surface area contributed by atoms with Gasteiger partial charge in [-0.3, -0.25) is 0 Å². The predicted molar refractivity (Wildman–Crippen MR) is 47.9 cm³/mol. The van der Waals surface area contributed by atoms with Crippen LogP contribution in [-0.4, -0.2) is 15.2 Å². The van der Waals surface area contributed by atoms with E-state index in [4.69, 9.17) is 0 Å². The number of aromatic nitrogens is 3. The molecular weight excluding hydrogens is 150 g/mol. The Kier molecular flexibility index (Phi) is 2.40. The van der Waals surface area contributed by atoms with Gasteiger partial charge in [0.05, 0.1) is 11.9 Å². The third-order valence-corrected chi connectivity index (χ3v) is 1.69. The molecule has 0 atom stereocenters.